The molecule has 3 aromatic rings. The summed E-state index contributed by atoms with van der Waals surface area (Å²) in [6.45, 7) is 4.16. The van der Waals surface area contributed by atoms with Crippen molar-refractivity contribution in [3.63, 3.8) is 0 Å². The average Bonchev–Trinajstić information content (AvgIpc) is 3.39. The molecule has 35 heavy (non-hydrogen) atoms. The molecule has 0 aliphatic heterocycles. The molecule has 0 radical (unpaired) electrons. The van der Waals surface area contributed by atoms with E-state index in [2.05, 4.69) is 20.8 Å². The van der Waals surface area contributed by atoms with Gasteiger partial charge in [-0.15, -0.1) is 10.2 Å². The van der Waals surface area contributed by atoms with Crippen LogP contribution in [0.2, 0.25) is 0 Å². The van der Waals surface area contributed by atoms with Gasteiger partial charge in [0.05, 0.1) is 6.61 Å². The first kappa shape index (κ1) is 25.4. The molecule has 0 saturated heterocycles. The quantitative estimate of drug-likeness (QED) is 0.239. The van der Waals surface area contributed by atoms with E-state index in [-0.39, 0.29) is 18.8 Å². The molecule has 0 bridgehead atoms. The fourth-order valence-corrected chi connectivity index (χ4v) is 3.14. The van der Waals surface area contributed by atoms with E-state index in [9.17, 15) is 14.4 Å². The molecule has 1 aromatic heterocycles. The smallest absolute Gasteiger partial charge is 0.321 e. The number of aromatic nitrogens is 2. The van der Waals surface area contributed by atoms with Gasteiger partial charge >= 0.3 is 6.03 Å². The van der Waals surface area contributed by atoms with E-state index in [4.69, 9.17) is 18.6 Å². The van der Waals surface area contributed by atoms with Crippen LogP contribution in [0.1, 0.15) is 18.9 Å². The Bertz CT molecular complexity index is 1150. The Balaban J connectivity index is 1.74. The van der Waals surface area contributed by atoms with Gasteiger partial charge in [0.15, 0.2) is 6.29 Å². The lowest BCUT2D eigenvalue weighted by atomic mass is 10.0. The molecular formula is C24H26N4O7. The van der Waals surface area contributed by atoms with Gasteiger partial charge in [-0.3, -0.25) is 14.9 Å². The highest BCUT2D eigenvalue weighted by Gasteiger charge is 2.41. The van der Waals surface area contributed by atoms with Gasteiger partial charge < -0.3 is 23.9 Å². The molecule has 0 spiro atoms. The summed E-state index contributed by atoms with van der Waals surface area (Å²) in [4.78, 5) is 36.3. The molecule has 2 aromatic carbocycles. The molecule has 0 aliphatic carbocycles. The van der Waals surface area contributed by atoms with Crippen LogP contribution in [0.5, 0.6) is 17.2 Å². The van der Waals surface area contributed by atoms with Crippen LogP contribution in [-0.4, -0.2) is 54.3 Å². The molecule has 2 N–H and O–H groups in total. The van der Waals surface area contributed by atoms with E-state index in [1.54, 1.807) is 37.3 Å². The van der Waals surface area contributed by atoms with Crippen molar-refractivity contribution in [2.45, 2.75) is 25.9 Å². The van der Waals surface area contributed by atoms with Crippen molar-refractivity contribution in [2.75, 3.05) is 20.3 Å². The van der Waals surface area contributed by atoms with Crippen LogP contribution in [0, 0.1) is 6.92 Å². The highest BCUT2D eigenvalue weighted by Crippen LogP contribution is 2.30. The maximum atomic E-state index is 12.7. The Hall–Kier alpha value is -4.25. The maximum Gasteiger partial charge on any atom is 0.321 e. The van der Waals surface area contributed by atoms with E-state index >= 15 is 0 Å². The standard InChI is InChI=1S/C24H26N4O7/c1-4-32-12-11-24(14-29,22(30)27-23(31)25-3)35-18-7-5-17(6-8-18)34-19-9-10-20(16(2)13-19)21-28-26-15-33-21/h5-10,13-15H,4,11-12H2,1-3H3,(H2,25,27,30,31). The molecule has 1 atom stereocenters. The van der Waals surface area contributed by atoms with Crippen LogP contribution in [0.4, 0.5) is 4.79 Å². The van der Waals surface area contributed by atoms with Gasteiger partial charge in [0.25, 0.3) is 5.91 Å². The summed E-state index contributed by atoms with van der Waals surface area (Å²) in [6, 6.07) is 11.0. The zero-order valence-corrected chi connectivity index (χ0v) is 19.6. The lowest BCUT2D eigenvalue weighted by Crippen LogP contribution is -2.56. The number of nitrogens with one attached hydrogen (secondary N) is 2. The molecule has 0 fully saturated rings. The minimum Gasteiger partial charge on any atom is -0.470 e. The van der Waals surface area contributed by atoms with Gasteiger partial charge in [-0.05, 0) is 61.9 Å². The molecule has 1 heterocycles. The number of imide groups is 1. The van der Waals surface area contributed by atoms with E-state index in [1.807, 2.05) is 19.1 Å². The summed E-state index contributed by atoms with van der Waals surface area (Å²) >= 11 is 0. The van der Waals surface area contributed by atoms with Crippen molar-refractivity contribution >= 4 is 18.2 Å². The number of aldehydes is 1. The third-order valence-corrected chi connectivity index (χ3v) is 5.00. The third-order valence-electron chi connectivity index (χ3n) is 5.00. The first-order chi connectivity index (χ1) is 16.9. The summed E-state index contributed by atoms with van der Waals surface area (Å²) in [6.07, 6.45) is 1.54. The molecule has 184 valence electrons. The minimum atomic E-state index is -1.95. The molecule has 11 heteroatoms. The topological polar surface area (TPSA) is 142 Å². The van der Waals surface area contributed by atoms with Gasteiger partial charge in [-0.25, -0.2) is 4.79 Å². The summed E-state index contributed by atoms with van der Waals surface area (Å²) in [7, 11) is 1.35. The Kier molecular flexibility index (Phi) is 8.52. The van der Waals surface area contributed by atoms with Crippen molar-refractivity contribution in [2.24, 2.45) is 0 Å². The van der Waals surface area contributed by atoms with E-state index < -0.39 is 17.5 Å². The zero-order valence-electron chi connectivity index (χ0n) is 19.6. The number of nitrogens with zero attached hydrogens (tertiary/aromatic N) is 2. The first-order valence-electron chi connectivity index (χ1n) is 10.8. The predicted octanol–water partition coefficient (Wildman–Crippen LogP) is 3.04. The highest BCUT2D eigenvalue weighted by molar-refractivity contribution is 6.07. The van der Waals surface area contributed by atoms with Gasteiger partial charge in [0.2, 0.25) is 17.9 Å². The predicted molar refractivity (Wildman–Crippen MR) is 124 cm³/mol. The van der Waals surface area contributed by atoms with Gasteiger partial charge in [-0.2, -0.15) is 0 Å². The number of carbonyl (C=O) groups is 3. The normalized spacial score (nSPS) is 12.3. The maximum absolute atomic E-state index is 12.7. The van der Waals surface area contributed by atoms with E-state index in [1.165, 1.54) is 13.4 Å². The number of aryl methyl sites for hydroxylation is 1. The monoisotopic (exact) mass is 482 g/mol. The lowest BCUT2D eigenvalue weighted by Gasteiger charge is -2.27. The summed E-state index contributed by atoms with van der Waals surface area (Å²) in [5.41, 5.74) is -0.268. The number of ether oxygens (including phenoxy) is 3. The molecule has 1 unspecified atom stereocenters. The van der Waals surface area contributed by atoms with Gasteiger partial charge in [0, 0.05) is 25.6 Å². The van der Waals surface area contributed by atoms with Crippen molar-refractivity contribution < 1.29 is 33.0 Å². The largest absolute Gasteiger partial charge is 0.470 e. The van der Waals surface area contributed by atoms with Crippen molar-refractivity contribution in [1.82, 2.24) is 20.8 Å². The summed E-state index contributed by atoms with van der Waals surface area (Å²) in [5.74, 6) is 0.838. The van der Waals surface area contributed by atoms with Crippen molar-refractivity contribution in [3.05, 3.63) is 54.4 Å². The van der Waals surface area contributed by atoms with Crippen LogP contribution in [0.25, 0.3) is 11.5 Å². The Labute approximate surface area is 201 Å². The first-order valence-corrected chi connectivity index (χ1v) is 10.8. The van der Waals surface area contributed by atoms with E-state index in [0.29, 0.717) is 30.3 Å². The van der Waals surface area contributed by atoms with Crippen LogP contribution in [0.3, 0.4) is 0 Å². The van der Waals surface area contributed by atoms with Crippen LogP contribution < -0.4 is 20.1 Å². The number of amides is 3. The third kappa shape index (κ3) is 6.42. The van der Waals surface area contributed by atoms with Gasteiger partial charge in [0.1, 0.15) is 17.2 Å². The Morgan fingerprint density at radius 2 is 1.83 bits per heavy atom. The molecular weight excluding hydrogens is 456 g/mol. The average molecular weight is 482 g/mol. The highest BCUT2D eigenvalue weighted by atomic mass is 16.5. The van der Waals surface area contributed by atoms with E-state index in [0.717, 1.165) is 11.1 Å². The molecule has 3 amide bonds. The number of hydrogen-bond donors (Lipinski definition) is 2. The Morgan fingerprint density at radius 3 is 2.43 bits per heavy atom. The van der Waals surface area contributed by atoms with Crippen molar-refractivity contribution in [1.29, 1.82) is 0 Å². The van der Waals surface area contributed by atoms with Crippen molar-refractivity contribution in [3.8, 4) is 28.7 Å². The fourth-order valence-electron chi connectivity index (χ4n) is 3.14. The van der Waals surface area contributed by atoms with Crippen LogP contribution in [0.15, 0.2) is 53.3 Å². The van der Waals surface area contributed by atoms with Crippen LogP contribution >= 0.6 is 0 Å². The minimum absolute atomic E-state index is 0.0799. The Morgan fingerprint density at radius 1 is 1.11 bits per heavy atom. The molecule has 0 aliphatic rings. The van der Waals surface area contributed by atoms with Crippen LogP contribution in [-0.2, 0) is 14.3 Å². The molecule has 0 saturated carbocycles. The second-order valence-electron chi connectivity index (χ2n) is 7.38. The zero-order chi connectivity index (χ0) is 25.3. The number of benzene rings is 2. The number of carbonyl (C=O) groups excluding carboxylic acids is 3. The second kappa shape index (κ2) is 11.7. The number of rotatable bonds is 11. The summed E-state index contributed by atoms with van der Waals surface area (Å²) < 4.78 is 22.2. The molecule has 3 rings (SSSR count). The van der Waals surface area contributed by atoms with Gasteiger partial charge in [-0.1, -0.05) is 0 Å². The lowest BCUT2D eigenvalue weighted by molar-refractivity contribution is -0.143. The number of urea groups is 1. The second-order valence-corrected chi connectivity index (χ2v) is 7.38. The number of hydrogen-bond acceptors (Lipinski definition) is 9. The fraction of sp³-hybridized carbons (Fsp3) is 0.292. The molecule has 11 nitrogen and oxygen atoms in total. The SMILES string of the molecule is CCOCCC(C=O)(Oc1ccc(Oc2ccc(-c3nnco3)c(C)c2)cc1)C(=O)NC(=O)NC. The summed E-state index contributed by atoms with van der Waals surface area (Å²) in [5, 5.41) is 12.0.